The normalized spacial score (nSPS) is 12.4. The van der Waals surface area contributed by atoms with E-state index >= 15 is 0 Å². The molecule has 0 amide bonds. The lowest BCUT2D eigenvalue weighted by Crippen LogP contribution is -2.18. The Labute approximate surface area is 118 Å². The van der Waals surface area contributed by atoms with Crippen molar-refractivity contribution < 1.29 is 4.39 Å². The molecule has 0 saturated heterocycles. The molecule has 2 aromatic carbocycles. The third-order valence-corrected chi connectivity index (χ3v) is 3.54. The topological polar surface area (TPSA) is 12.0 Å². The van der Waals surface area contributed by atoms with E-state index in [9.17, 15) is 4.39 Å². The van der Waals surface area contributed by atoms with Crippen LogP contribution in [-0.2, 0) is 6.54 Å². The summed E-state index contributed by atoms with van der Waals surface area (Å²) in [5.41, 5.74) is 3.38. The molecular weight excluding hydrogens is 261 g/mol. The molecule has 1 N–H and O–H groups in total. The molecule has 0 aliphatic heterocycles. The van der Waals surface area contributed by atoms with Crippen molar-refractivity contribution >= 4 is 11.6 Å². The summed E-state index contributed by atoms with van der Waals surface area (Å²) in [4.78, 5) is 0. The van der Waals surface area contributed by atoms with Crippen LogP contribution in [0, 0.1) is 12.7 Å². The van der Waals surface area contributed by atoms with Gasteiger partial charge in [-0.15, -0.1) is 0 Å². The van der Waals surface area contributed by atoms with Crippen LogP contribution in [-0.4, -0.2) is 0 Å². The van der Waals surface area contributed by atoms with Crippen molar-refractivity contribution in [2.24, 2.45) is 0 Å². The van der Waals surface area contributed by atoms with Crippen molar-refractivity contribution in [3.63, 3.8) is 0 Å². The van der Waals surface area contributed by atoms with Crippen LogP contribution in [0.3, 0.4) is 0 Å². The van der Waals surface area contributed by atoms with Gasteiger partial charge in [-0.05, 0) is 37.1 Å². The Hall–Kier alpha value is -1.38. The fraction of sp³-hybridized carbons (Fsp3) is 0.250. The largest absolute Gasteiger partial charge is 0.306 e. The van der Waals surface area contributed by atoms with Gasteiger partial charge in [-0.25, -0.2) is 4.39 Å². The summed E-state index contributed by atoms with van der Waals surface area (Å²) in [7, 11) is 0. The van der Waals surface area contributed by atoms with Gasteiger partial charge in [-0.2, -0.15) is 0 Å². The Morgan fingerprint density at radius 1 is 1.16 bits per heavy atom. The number of benzene rings is 2. The Kier molecular flexibility index (Phi) is 4.56. The Morgan fingerprint density at radius 2 is 1.84 bits per heavy atom. The van der Waals surface area contributed by atoms with Crippen LogP contribution in [0.1, 0.15) is 29.7 Å². The van der Waals surface area contributed by atoms with Gasteiger partial charge in [-0.1, -0.05) is 47.5 Å². The zero-order chi connectivity index (χ0) is 13.8. The number of nitrogens with one attached hydrogen (secondary N) is 1. The maximum atomic E-state index is 12.9. The molecule has 0 saturated carbocycles. The van der Waals surface area contributed by atoms with Crippen molar-refractivity contribution in [2.75, 3.05) is 0 Å². The van der Waals surface area contributed by atoms with Crippen molar-refractivity contribution in [1.29, 1.82) is 0 Å². The summed E-state index contributed by atoms with van der Waals surface area (Å²) in [5, 5.41) is 3.85. The van der Waals surface area contributed by atoms with Gasteiger partial charge in [0.2, 0.25) is 0 Å². The summed E-state index contributed by atoms with van der Waals surface area (Å²) in [6.45, 7) is 4.79. The predicted molar refractivity (Wildman–Crippen MR) is 77.8 cm³/mol. The second kappa shape index (κ2) is 6.18. The molecule has 19 heavy (non-hydrogen) atoms. The van der Waals surface area contributed by atoms with E-state index in [1.807, 2.05) is 0 Å². The molecule has 1 atom stereocenters. The van der Waals surface area contributed by atoms with Crippen molar-refractivity contribution in [2.45, 2.75) is 26.4 Å². The molecule has 1 nitrogen and oxygen atoms in total. The third-order valence-electron chi connectivity index (χ3n) is 3.19. The van der Waals surface area contributed by atoms with Crippen LogP contribution in [0.15, 0.2) is 42.5 Å². The van der Waals surface area contributed by atoms with Gasteiger partial charge in [0.15, 0.2) is 0 Å². The first-order valence-electron chi connectivity index (χ1n) is 6.30. The average Bonchev–Trinajstić information content (AvgIpc) is 2.38. The van der Waals surface area contributed by atoms with Crippen LogP contribution in [0.2, 0.25) is 5.02 Å². The van der Waals surface area contributed by atoms with Crippen molar-refractivity contribution in [3.05, 3.63) is 70.0 Å². The van der Waals surface area contributed by atoms with Crippen LogP contribution >= 0.6 is 11.6 Å². The van der Waals surface area contributed by atoms with E-state index in [1.165, 1.54) is 23.3 Å². The second-order valence-corrected chi connectivity index (χ2v) is 5.16. The quantitative estimate of drug-likeness (QED) is 0.858. The van der Waals surface area contributed by atoms with E-state index < -0.39 is 0 Å². The van der Waals surface area contributed by atoms with E-state index in [-0.39, 0.29) is 11.9 Å². The Balaban J connectivity index is 2.00. The van der Waals surface area contributed by atoms with Crippen molar-refractivity contribution in [1.82, 2.24) is 5.32 Å². The highest BCUT2D eigenvalue weighted by molar-refractivity contribution is 6.31. The molecule has 0 radical (unpaired) electrons. The summed E-state index contributed by atoms with van der Waals surface area (Å²) < 4.78 is 12.9. The molecule has 0 aliphatic rings. The zero-order valence-electron chi connectivity index (χ0n) is 11.1. The lowest BCUT2D eigenvalue weighted by molar-refractivity contribution is 0.573. The molecule has 0 aliphatic carbocycles. The number of aryl methyl sites for hydroxylation is 1. The van der Waals surface area contributed by atoms with Gasteiger partial charge in [0.05, 0.1) is 0 Å². The van der Waals surface area contributed by atoms with Crippen LogP contribution in [0.4, 0.5) is 4.39 Å². The molecule has 0 spiro atoms. The number of halogens is 2. The van der Waals surface area contributed by atoms with E-state index in [2.05, 4.69) is 43.4 Å². The first-order valence-corrected chi connectivity index (χ1v) is 6.68. The van der Waals surface area contributed by atoms with Crippen LogP contribution in [0.25, 0.3) is 0 Å². The SMILES string of the molecule is Cc1ccc(C(C)NCc2ccc(F)cc2Cl)cc1. The van der Waals surface area contributed by atoms with Gasteiger partial charge in [0.25, 0.3) is 0 Å². The van der Waals surface area contributed by atoms with Crippen molar-refractivity contribution in [3.8, 4) is 0 Å². The van der Waals surface area contributed by atoms with Gasteiger partial charge >= 0.3 is 0 Å². The molecule has 3 heteroatoms. The van der Waals surface area contributed by atoms with E-state index in [0.29, 0.717) is 11.6 Å². The number of hydrogen-bond donors (Lipinski definition) is 1. The third kappa shape index (κ3) is 3.79. The molecule has 0 aromatic heterocycles. The summed E-state index contributed by atoms with van der Waals surface area (Å²) in [5.74, 6) is -0.305. The fourth-order valence-corrected chi connectivity index (χ4v) is 2.14. The minimum Gasteiger partial charge on any atom is -0.306 e. The van der Waals surface area contributed by atoms with Gasteiger partial charge < -0.3 is 5.32 Å². The Morgan fingerprint density at radius 3 is 2.47 bits per heavy atom. The molecular formula is C16H17ClFN. The minimum atomic E-state index is -0.305. The summed E-state index contributed by atoms with van der Waals surface area (Å²) in [6.07, 6.45) is 0. The molecule has 0 heterocycles. The lowest BCUT2D eigenvalue weighted by atomic mass is 10.1. The highest BCUT2D eigenvalue weighted by Gasteiger charge is 2.06. The molecule has 2 aromatic rings. The first kappa shape index (κ1) is 14.0. The molecule has 0 fully saturated rings. The maximum absolute atomic E-state index is 12.9. The fourth-order valence-electron chi connectivity index (χ4n) is 1.90. The number of rotatable bonds is 4. The zero-order valence-corrected chi connectivity index (χ0v) is 11.8. The lowest BCUT2D eigenvalue weighted by Gasteiger charge is -2.15. The maximum Gasteiger partial charge on any atom is 0.124 e. The summed E-state index contributed by atoms with van der Waals surface area (Å²) in [6, 6.07) is 13.1. The second-order valence-electron chi connectivity index (χ2n) is 4.75. The first-order chi connectivity index (χ1) is 9.06. The van der Waals surface area contributed by atoms with Gasteiger partial charge in [0.1, 0.15) is 5.82 Å². The van der Waals surface area contributed by atoms with Crippen LogP contribution < -0.4 is 5.32 Å². The van der Waals surface area contributed by atoms with E-state index in [4.69, 9.17) is 11.6 Å². The highest BCUT2D eigenvalue weighted by atomic mass is 35.5. The highest BCUT2D eigenvalue weighted by Crippen LogP contribution is 2.19. The standard InChI is InChI=1S/C16H17ClFN/c1-11-3-5-13(6-4-11)12(2)19-10-14-7-8-15(18)9-16(14)17/h3-9,12,19H,10H2,1-2H3. The van der Waals surface area contributed by atoms with E-state index in [1.54, 1.807) is 6.07 Å². The van der Waals surface area contributed by atoms with Crippen LogP contribution in [0.5, 0.6) is 0 Å². The smallest absolute Gasteiger partial charge is 0.124 e. The Bertz CT molecular complexity index is 551. The summed E-state index contributed by atoms with van der Waals surface area (Å²) >= 11 is 6.00. The van der Waals surface area contributed by atoms with Gasteiger partial charge in [0, 0.05) is 17.6 Å². The molecule has 0 bridgehead atoms. The number of hydrogen-bond acceptors (Lipinski definition) is 1. The molecule has 100 valence electrons. The minimum absolute atomic E-state index is 0.224. The molecule has 1 unspecified atom stereocenters. The predicted octanol–water partition coefficient (Wildman–Crippen LogP) is 4.64. The monoisotopic (exact) mass is 277 g/mol. The molecule has 2 rings (SSSR count). The average molecular weight is 278 g/mol. The van der Waals surface area contributed by atoms with Gasteiger partial charge in [-0.3, -0.25) is 0 Å². The van der Waals surface area contributed by atoms with E-state index in [0.717, 1.165) is 5.56 Å².